The third-order valence-electron chi connectivity index (χ3n) is 8.83. The highest BCUT2D eigenvalue weighted by Gasteiger charge is 2.60. The average molecular weight is 380 g/mol. The lowest BCUT2D eigenvalue weighted by molar-refractivity contribution is -0.124. The summed E-state index contributed by atoms with van der Waals surface area (Å²) in [7, 11) is 0. The molecule has 1 aromatic rings. The molecule has 1 N–H and O–H groups in total. The van der Waals surface area contributed by atoms with E-state index in [-0.39, 0.29) is 11.3 Å². The van der Waals surface area contributed by atoms with Crippen LogP contribution in [0.2, 0.25) is 0 Å². The number of rotatable bonds is 2. The fourth-order valence-electron chi connectivity index (χ4n) is 7.46. The summed E-state index contributed by atoms with van der Waals surface area (Å²) in [5, 5.41) is 3.28. The van der Waals surface area contributed by atoms with Crippen molar-refractivity contribution in [2.45, 2.75) is 65.0 Å². The van der Waals surface area contributed by atoms with Crippen LogP contribution >= 0.6 is 0 Å². The Morgan fingerprint density at radius 1 is 1.11 bits per heavy atom. The summed E-state index contributed by atoms with van der Waals surface area (Å²) >= 11 is 0. The number of hydrogen-bond donors (Lipinski definition) is 1. The van der Waals surface area contributed by atoms with Crippen LogP contribution in [0.15, 0.2) is 42.5 Å². The summed E-state index contributed by atoms with van der Waals surface area (Å²) in [4.78, 5) is 12.0. The van der Waals surface area contributed by atoms with Gasteiger partial charge in [0, 0.05) is 11.5 Å². The maximum absolute atomic E-state index is 12.0. The molecule has 3 aliphatic carbocycles. The van der Waals surface area contributed by atoms with E-state index in [4.69, 9.17) is 4.74 Å². The highest BCUT2D eigenvalue weighted by atomic mass is 16.5. The van der Waals surface area contributed by atoms with Crippen LogP contribution in [0.25, 0.3) is 0 Å². The predicted octanol–water partition coefficient (Wildman–Crippen LogP) is 4.98. The van der Waals surface area contributed by atoms with Crippen LogP contribution in [0.1, 0.15) is 52.9 Å². The molecule has 1 aliphatic heterocycles. The van der Waals surface area contributed by atoms with E-state index in [0.717, 1.165) is 24.0 Å². The van der Waals surface area contributed by atoms with E-state index in [9.17, 15) is 4.79 Å². The zero-order valence-corrected chi connectivity index (χ0v) is 17.4. The minimum Gasteiger partial charge on any atom is -0.490 e. The molecule has 0 aromatic heterocycles. The summed E-state index contributed by atoms with van der Waals surface area (Å²) in [6.45, 7) is 7.34. The molecule has 3 saturated carbocycles. The Kier molecular flexibility index (Phi) is 4.16. The normalized spacial score (nSPS) is 46.9. The van der Waals surface area contributed by atoms with Crippen LogP contribution in [0.4, 0.5) is 0 Å². The van der Waals surface area contributed by atoms with Gasteiger partial charge >= 0.3 is 0 Å². The Bertz CT molecular complexity index is 789. The molecule has 4 aliphatic rings. The lowest BCUT2D eigenvalue weighted by Crippen LogP contribution is -2.61. The van der Waals surface area contributed by atoms with Gasteiger partial charge in [0.2, 0.25) is 5.91 Å². The number of nitrogens with one attached hydrogen (secondary N) is 1. The lowest BCUT2D eigenvalue weighted by atomic mass is 9.46. The van der Waals surface area contributed by atoms with Gasteiger partial charge in [-0.15, -0.1) is 0 Å². The molecule has 3 unspecified atom stereocenters. The van der Waals surface area contributed by atoms with Gasteiger partial charge in [-0.25, -0.2) is 0 Å². The van der Waals surface area contributed by atoms with E-state index in [1.165, 1.54) is 25.7 Å². The van der Waals surface area contributed by atoms with Crippen molar-refractivity contribution >= 4 is 5.91 Å². The minimum atomic E-state index is 0.0889. The first-order valence-corrected chi connectivity index (χ1v) is 11.1. The smallest absolute Gasteiger partial charge is 0.243 e. The second-order valence-electron chi connectivity index (χ2n) is 10.4. The van der Waals surface area contributed by atoms with Gasteiger partial charge < -0.3 is 10.1 Å². The van der Waals surface area contributed by atoms with Crippen molar-refractivity contribution in [2.24, 2.45) is 34.5 Å². The van der Waals surface area contributed by atoms with Gasteiger partial charge in [0.05, 0.1) is 6.10 Å². The maximum atomic E-state index is 12.0. The highest BCUT2D eigenvalue weighted by molar-refractivity contribution is 5.89. The topological polar surface area (TPSA) is 38.3 Å². The van der Waals surface area contributed by atoms with Gasteiger partial charge in [-0.05, 0) is 79.4 Å². The molecule has 0 bridgehead atoms. The number of ether oxygens (including phenoxy) is 1. The quantitative estimate of drug-likeness (QED) is 0.787. The SMILES string of the molecule is CC1CC2NC(=O)C=C[C@]2(C)[C@@H]2CC[C@]3(C)CC(Oc4ccccc4)C[C@H]3[C@H]12. The molecule has 3 fully saturated rings. The molecule has 28 heavy (non-hydrogen) atoms. The summed E-state index contributed by atoms with van der Waals surface area (Å²) in [6.07, 6.45) is 10.4. The minimum absolute atomic E-state index is 0.0889. The number of hydrogen-bond acceptors (Lipinski definition) is 2. The van der Waals surface area contributed by atoms with Crippen molar-refractivity contribution < 1.29 is 9.53 Å². The van der Waals surface area contributed by atoms with Crippen LogP contribution in [-0.4, -0.2) is 18.1 Å². The van der Waals surface area contributed by atoms with Crippen molar-refractivity contribution in [3.05, 3.63) is 42.5 Å². The maximum Gasteiger partial charge on any atom is 0.243 e. The second-order valence-corrected chi connectivity index (χ2v) is 10.4. The average Bonchev–Trinajstić information content (AvgIpc) is 3.00. The van der Waals surface area contributed by atoms with Crippen LogP contribution < -0.4 is 10.1 Å². The zero-order chi connectivity index (χ0) is 19.5. The molecule has 3 heteroatoms. The summed E-state index contributed by atoms with van der Waals surface area (Å²) in [5.41, 5.74) is 0.491. The number of carbonyl (C=O) groups excluding carboxylic acids is 1. The van der Waals surface area contributed by atoms with Crippen LogP contribution in [-0.2, 0) is 4.79 Å². The van der Waals surface area contributed by atoms with Crippen molar-refractivity contribution in [1.82, 2.24) is 5.32 Å². The van der Waals surface area contributed by atoms with E-state index >= 15 is 0 Å². The van der Waals surface area contributed by atoms with Crippen molar-refractivity contribution in [3.8, 4) is 5.75 Å². The van der Waals surface area contributed by atoms with Crippen molar-refractivity contribution in [3.63, 3.8) is 0 Å². The van der Waals surface area contributed by atoms with Crippen molar-refractivity contribution in [2.75, 3.05) is 0 Å². The summed E-state index contributed by atoms with van der Waals surface area (Å²) < 4.78 is 6.42. The predicted molar refractivity (Wildman–Crippen MR) is 111 cm³/mol. The molecule has 8 atom stereocenters. The van der Waals surface area contributed by atoms with Gasteiger partial charge in [0.15, 0.2) is 0 Å². The standard InChI is InChI=1S/C25H33NO2/c1-16-13-21-25(3,12-10-22(27)26-21)19-9-11-24(2)15-18(14-20(24)23(16)19)28-17-7-5-4-6-8-17/h4-8,10,12,16,18-21,23H,9,11,13-15H2,1-3H3,(H,26,27)/t16?,18?,19-,20+,21?,23-,24-,25-/m1/s1. The Hall–Kier alpha value is -1.77. The fourth-order valence-corrected chi connectivity index (χ4v) is 7.46. The van der Waals surface area contributed by atoms with Crippen LogP contribution in [0.3, 0.4) is 0 Å². The highest BCUT2D eigenvalue weighted by Crippen LogP contribution is 2.64. The van der Waals surface area contributed by atoms with Crippen LogP contribution in [0, 0.1) is 34.5 Å². The number of fused-ring (bicyclic) bond motifs is 5. The van der Waals surface area contributed by atoms with Crippen molar-refractivity contribution in [1.29, 1.82) is 0 Å². The summed E-state index contributed by atoms with van der Waals surface area (Å²) in [5.74, 6) is 3.85. The summed E-state index contributed by atoms with van der Waals surface area (Å²) in [6, 6.07) is 10.6. The van der Waals surface area contributed by atoms with Gasteiger partial charge in [0.25, 0.3) is 0 Å². The first kappa shape index (κ1) is 18.3. The van der Waals surface area contributed by atoms with Gasteiger partial charge in [-0.2, -0.15) is 0 Å². The molecule has 1 amide bonds. The van der Waals surface area contributed by atoms with E-state index in [2.05, 4.69) is 56.4 Å². The first-order valence-electron chi connectivity index (χ1n) is 11.1. The molecule has 0 saturated heterocycles. The molecule has 1 heterocycles. The number of carbonyl (C=O) groups is 1. The second kappa shape index (κ2) is 6.37. The van der Waals surface area contributed by atoms with E-state index < -0.39 is 0 Å². The molecule has 0 spiro atoms. The molecule has 3 nitrogen and oxygen atoms in total. The van der Waals surface area contributed by atoms with Gasteiger partial charge in [0.1, 0.15) is 5.75 Å². The Morgan fingerprint density at radius 2 is 1.89 bits per heavy atom. The molecule has 1 aromatic carbocycles. The Morgan fingerprint density at radius 3 is 2.68 bits per heavy atom. The number of benzene rings is 1. The van der Waals surface area contributed by atoms with E-state index in [1.807, 2.05) is 6.07 Å². The molecule has 0 radical (unpaired) electrons. The third kappa shape index (κ3) is 2.73. The molecule has 5 rings (SSSR count). The molecule has 150 valence electrons. The van der Waals surface area contributed by atoms with E-state index in [1.54, 1.807) is 6.08 Å². The Balaban J connectivity index is 1.42. The third-order valence-corrected chi connectivity index (χ3v) is 8.83. The first-order chi connectivity index (χ1) is 13.4. The number of para-hydroxylation sites is 1. The zero-order valence-electron chi connectivity index (χ0n) is 17.4. The van der Waals surface area contributed by atoms with Crippen LogP contribution in [0.5, 0.6) is 5.75 Å². The number of amides is 1. The van der Waals surface area contributed by atoms with Gasteiger partial charge in [-0.3, -0.25) is 4.79 Å². The Labute approximate surface area is 168 Å². The van der Waals surface area contributed by atoms with Gasteiger partial charge in [-0.1, -0.05) is 45.0 Å². The molecular formula is C25H33NO2. The molecular weight excluding hydrogens is 346 g/mol. The monoisotopic (exact) mass is 379 g/mol. The lowest BCUT2D eigenvalue weighted by Gasteiger charge is -2.60. The largest absolute Gasteiger partial charge is 0.490 e. The van der Waals surface area contributed by atoms with E-state index in [0.29, 0.717) is 29.4 Å². The fraction of sp³-hybridized carbons (Fsp3) is 0.640.